The van der Waals surface area contributed by atoms with E-state index in [-0.39, 0.29) is 11.7 Å². The second-order valence-corrected chi connectivity index (χ2v) is 8.81. The first-order valence-electron chi connectivity index (χ1n) is 9.93. The second-order valence-electron chi connectivity index (χ2n) is 7.83. The molecule has 1 aliphatic rings. The summed E-state index contributed by atoms with van der Waals surface area (Å²) in [5, 5.41) is 6.24. The van der Waals surface area contributed by atoms with Crippen LogP contribution in [0.15, 0.2) is 35.8 Å². The number of aryl methyl sites for hydroxylation is 3. The van der Waals surface area contributed by atoms with Gasteiger partial charge in [0.25, 0.3) is 0 Å². The first kappa shape index (κ1) is 18.8. The van der Waals surface area contributed by atoms with Crippen LogP contribution >= 0.6 is 11.3 Å². The van der Waals surface area contributed by atoms with Gasteiger partial charge in [-0.25, -0.2) is 19.9 Å². The maximum absolute atomic E-state index is 12.6. The first-order valence-corrected chi connectivity index (χ1v) is 10.8. The van der Waals surface area contributed by atoms with E-state index in [1.807, 2.05) is 18.4 Å². The number of ketones is 1. The monoisotopic (exact) mass is 415 g/mol. The van der Waals surface area contributed by atoms with Gasteiger partial charge in [-0.2, -0.15) is 0 Å². The Morgan fingerprint density at radius 2 is 1.93 bits per heavy atom. The van der Waals surface area contributed by atoms with E-state index in [0.717, 1.165) is 34.3 Å². The molecule has 1 N–H and O–H groups in total. The lowest BCUT2D eigenvalue weighted by atomic mass is 9.86. The summed E-state index contributed by atoms with van der Waals surface area (Å²) in [4.78, 5) is 32.1. The predicted molar refractivity (Wildman–Crippen MR) is 119 cm³/mol. The Hall–Kier alpha value is -3.19. The molecule has 0 radical (unpaired) electrons. The molecule has 0 unspecified atom stereocenters. The van der Waals surface area contributed by atoms with Crippen molar-refractivity contribution in [2.75, 3.05) is 5.32 Å². The average Bonchev–Trinajstić information content (AvgIpc) is 3.24. The summed E-state index contributed by atoms with van der Waals surface area (Å²) in [6.45, 7) is 6.10. The fraction of sp³-hybridized carbons (Fsp3) is 0.261. The smallest absolute Gasteiger partial charge is 0.230 e. The summed E-state index contributed by atoms with van der Waals surface area (Å²) in [5.41, 5.74) is 5.52. The maximum atomic E-state index is 12.6. The molecule has 1 aromatic carbocycles. The highest BCUT2D eigenvalue weighted by Gasteiger charge is 2.28. The van der Waals surface area contributed by atoms with E-state index in [1.165, 1.54) is 10.4 Å². The van der Waals surface area contributed by atoms with Crippen molar-refractivity contribution in [1.82, 2.24) is 19.9 Å². The van der Waals surface area contributed by atoms with E-state index in [9.17, 15) is 4.79 Å². The number of anilines is 2. The number of hydrogen-bond donors (Lipinski definition) is 1. The van der Waals surface area contributed by atoms with Gasteiger partial charge in [0.15, 0.2) is 5.78 Å². The molecule has 1 aliphatic carbocycles. The topological polar surface area (TPSA) is 80.7 Å². The van der Waals surface area contributed by atoms with Crippen molar-refractivity contribution < 1.29 is 4.79 Å². The normalized spacial score (nSPS) is 16.0. The second kappa shape index (κ2) is 7.25. The van der Waals surface area contributed by atoms with Crippen molar-refractivity contribution in [3.63, 3.8) is 0 Å². The van der Waals surface area contributed by atoms with Gasteiger partial charge in [0.1, 0.15) is 0 Å². The standard InChI is InChI=1S/C23H21N5OS/c1-12-7-13(2)21-16(8-12)14(3)25-23(27-21)28-22-24-11-17-18(26-22)9-15(10-19(17)29)20-5-4-6-30-20/h4-8,11,15H,9-10H2,1-3H3,(H,24,25,26,27,28)/t15-/m1/s1. The van der Waals surface area contributed by atoms with Crippen LogP contribution in [-0.4, -0.2) is 25.7 Å². The van der Waals surface area contributed by atoms with E-state index in [2.05, 4.69) is 57.3 Å². The van der Waals surface area contributed by atoms with E-state index < -0.39 is 0 Å². The largest absolute Gasteiger partial charge is 0.294 e. The first-order chi connectivity index (χ1) is 14.5. The molecule has 0 amide bonds. The van der Waals surface area contributed by atoms with Crippen LogP contribution in [0.1, 0.15) is 50.1 Å². The lowest BCUT2D eigenvalue weighted by molar-refractivity contribution is 0.0963. The molecule has 4 aromatic rings. The van der Waals surface area contributed by atoms with Gasteiger partial charge in [0, 0.05) is 28.8 Å². The zero-order valence-corrected chi connectivity index (χ0v) is 17.9. The molecule has 0 saturated carbocycles. The summed E-state index contributed by atoms with van der Waals surface area (Å²) in [5.74, 6) is 1.16. The fourth-order valence-electron chi connectivity index (χ4n) is 4.12. The zero-order valence-electron chi connectivity index (χ0n) is 17.1. The number of carbonyl (C=O) groups excluding carboxylic acids is 1. The Morgan fingerprint density at radius 3 is 2.73 bits per heavy atom. The van der Waals surface area contributed by atoms with Crippen LogP contribution in [0.25, 0.3) is 10.9 Å². The van der Waals surface area contributed by atoms with Crippen molar-refractivity contribution in [2.24, 2.45) is 0 Å². The molecule has 1 atom stereocenters. The SMILES string of the molecule is Cc1cc(C)c2nc(Nc3ncc4c(n3)C[C@@H](c3cccs3)CC4=O)nc(C)c2c1. The van der Waals surface area contributed by atoms with Crippen molar-refractivity contribution in [1.29, 1.82) is 0 Å². The van der Waals surface area contributed by atoms with Crippen LogP contribution in [0.2, 0.25) is 0 Å². The number of thiophene rings is 1. The molecule has 0 aliphatic heterocycles. The van der Waals surface area contributed by atoms with Crippen molar-refractivity contribution in [2.45, 2.75) is 39.5 Å². The van der Waals surface area contributed by atoms with E-state index in [1.54, 1.807) is 17.5 Å². The van der Waals surface area contributed by atoms with Gasteiger partial charge in [-0.05, 0) is 50.3 Å². The number of hydrogen-bond acceptors (Lipinski definition) is 7. The number of fused-ring (bicyclic) bond motifs is 2. The number of benzene rings is 1. The Balaban J connectivity index is 1.48. The molecule has 0 spiro atoms. The van der Waals surface area contributed by atoms with Crippen LogP contribution in [0.4, 0.5) is 11.9 Å². The highest BCUT2D eigenvalue weighted by Crippen LogP contribution is 2.34. The number of carbonyl (C=O) groups is 1. The minimum Gasteiger partial charge on any atom is -0.294 e. The molecule has 0 fully saturated rings. The summed E-state index contributed by atoms with van der Waals surface area (Å²) in [6, 6.07) is 8.33. The predicted octanol–water partition coefficient (Wildman–Crippen LogP) is 5.06. The molecule has 6 nitrogen and oxygen atoms in total. The average molecular weight is 416 g/mol. The molecule has 30 heavy (non-hydrogen) atoms. The summed E-state index contributed by atoms with van der Waals surface area (Å²) in [7, 11) is 0. The van der Waals surface area contributed by atoms with E-state index >= 15 is 0 Å². The number of nitrogens with one attached hydrogen (secondary N) is 1. The fourth-order valence-corrected chi connectivity index (χ4v) is 4.95. The van der Waals surface area contributed by atoms with Crippen molar-refractivity contribution >= 4 is 39.9 Å². The summed E-state index contributed by atoms with van der Waals surface area (Å²) < 4.78 is 0. The van der Waals surface area contributed by atoms with Crippen LogP contribution in [-0.2, 0) is 6.42 Å². The number of Topliss-reactive ketones (excluding diaryl/α,β-unsaturated/α-hetero) is 1. The quantitative estimate of drug-likeness (QED) is 0.504. The minimum absolute atomic E-state index is 0.102. The minimum atomic E-state index is 0.102. The van der Waals surface area contributed by atoms with Gasteiger partial charge in [-0.3, -0.25) is 10.1 Å². The highest BCUT2D eigenvalue weighted by atomic mass is 32.1. The third kappa shape index (κ3) is 3.35. The van der Waals surface area contributed by atoms with Gasteiger partial charge in [-0.1, -0.05) is 17.7 Å². The molecular formula is C23H21N5OS. The molecular weight excluding hydrogens is 394 g/mol. The Morgan fingerprint density at radius 1 is 1.07 bits per heavy atom. The number of aromatic nitrogens is 4. The summed E-state index contributed by atoms with van der Waals surface area (Å²) >= 11 is 1.69. The zero-order chi connectivity index (χ0) is 20.8. The molecule has 3 heterocycles. The van der Waals surface area contributed by atoms with Gasteiger partial charge in [0.2, 0.25) is 11.9 Å². The van der Waals surface area contributed by atoms with Crippen LogP contribution in [0.5, 0.6) is 0 Å². The number of rotatable bonds is 3. The van der Waals surface area contributed by atoms with Crippen molar-refractivity contribution in [3.8, 4) is 0 Å². The van der Waals surface area contributed by atoms with Crippen LogP contribution < -0.4 is 5.32 Å². The van der Waals surface area contributed by atoms with Gasteiger partial charge < -0.3 is 0 Å². The van der Waals surface area contributed by atoms with Crippen molar-refractivity contribution in [3.05, 3.63) is 68.8 Å². The van der Waals surface area contributed by atoms with Crippen LogP contribution in [0.3, 0.4) is 0 Å². The third-order valence-corrected chi connectivity index (χ3v) is 6.57. The van der Waals surface area contributed by atoms with E-state index in [4.69, 9.17) is 0 Å². The lowest BCUT2D eigenvalue weighted by Gasteiger charge is -2.22. The highest BCUT2D eigenvalue weighted by molar-refractivity contribution is 7.10. The van der Waals surface area contributed by atoms with Crippen LogP contribution in [0, 0.1) is 20.8 Å². The summed E-state index contributed by atoms with van der Waals surface area (Å²) in [6.07, 6.45) is 2.87. The molecule has 7 heteroatoms. The molecule has 150 valence electrons. The third-order valence-electron chi connectivity index (χ3n) is 5.53. The Kier molecular flexibility index (Phi) is 4.55. The molecule has 0 saturated heterocycles. The van der Waals surface area contributed by atoms with E-state index in [0.29, 0.717) is 23.9 Å². The lowest BCUT2D eigenvalue weighted by Crippen LogP contribution is -2.20. The Bertz CT molecular complexity index is 1280. The Labute approximate surface area is 178 Å². The van der Waals surface area contributed by atoms with Gasteiger partial charge in [-0.15, -0.1) is 11.3 Å². The maximum Gasteiger partial charge on any atom is 0.230 e. The van der Waals surface area contributed by atoms with Gasteiger partial charge in [0.05, 0.1) is 22.5 Å². The molecule has 3 aromatic heterocycles. The molecule has 5 rings (SSSR count). The van der Waals surface area contributed by atoms with Gasteiger partial charge >= 0.3 is 0 Å². The molecule has 0 bridgehead atoms. The number of nitrogens with zero attached hydrogens (tertiary/aromatic N) is 4.